The third-order valence-electron chi connectivity index (χ3n) is 5.17. The highest BCUT2D eigenvalue weighted by Crippen LogP contribution is 2.29. The maximum atomic E-state index is 13.2. The quantitative estimate of drug-likeness (QED) is 0.559. The summed E-state index contributed by atoms with van der Waals surface area (Å²) >= 11 is 12.0. The van der Waals surface area contributed by atoms with Gasteiger partial charge >= 0.3 is 0 Å². The lowest BCUT2D eigenvalue weighted by Gasteiger charge is -2.31. The molecule has 0 radical (unpaired) electrons. The summed E-state index contributed by atoms with van der Waals surface area (Å²) in [6, 6.07) is 10.4. The van der Waals surface area contributed by atoms with Crippen LogP contribution < -0.4 is 4.72 Å². The van der Waals surface area contributed by atoms with Gasteiger partial charge in [0, 0.05) is 29.4 Å². The minimum Gasteiger partial charge on any atom is -0.339 e. The van der Waals surface area contributed by atoms with Crippen LogP contribution in [-0.2, 0) is 10.0 Å². The summed E-state index contributed by atoms with van der Waals surface area (Å²) in [5.74, 6) is 0.706. The molecule has 1 saturated heterocycles. The second-order valence-electron chi connectivity index (χ2n) is 7.53. The molecule has 1 amide bonds. The van der Waals surface area contributed by atoms with Crippen molar-refractivity contribution in [2.24, 2.45) is 0 Å². The maximum Gasteiger partial charge on any atom is 0.263 e. The van der Waals surface area contributed by atoms with E-state index in [4.69, 9.17) is 27.7 Å². The molecule has 1 aliphatic heterocycles. The van der Waals surface area contributed by atoms with E-state index in [0.717, 1.165) is 12.8 Å². The van der Waals surface area contributed by atoms with Gasteiger partial charge in [0.25, 0.3) is 15.9 Å². The number of nitrogens with zero attached hydrogens (tertiary/aromatic N) is 3. The number of hydrogen-bond acceptors (Lipinski definition) is 6. The van der Waals surface area contributed by atoms with Gasteiger partial charge in [0.15, 0.2) is 5.82 Å². The van der Waals surface area contributed by atoms with Crippen molar-refractivity contribution >= 4 is 44.8 Å². The van der Waals surface area contributed by atoms with E-state index in [1.54, 1.807) is 24.0 Å². The van der Waals surface area contributed by atoms with Crippen LogP contribution in [0.15, 0.2) is 51.9 Å². The van der Waals surface area contributed by atoms with Crippen molar-refractivity contribution in [2.75, 3.05) is 17.8 Å². The average Bonchev–Trinajstić information content (AvgIpc) is 3.21. The predicted molar refractivity (Wildman–Crippen MR) is 121 cm³/mol. The highest BCUT2D eigenvalue weighted by molar-refractivity contribution is 7.92. The SMILES string of the molecule is Cc1noc(C2CCCN(C(=O)c3ccc(Cl)c(S(=O)(=O)Nc4ccc(Cl)cc4)c3)C2)n1. The Hall–Kier alpha value is -2.62. The monoisotopic (exact) mass is 494 g/mol. The molecule has 32 heavy (non-hydrogen) atoms. The van der Waals surface area contributed by atoms with Crippen molar-refractivity contribution in [2.45, 2.75) is 30.6 Å². The zero-order valence-corrected chi connectivity index (χ0v) is 19.4. The molecule has 1 unspecified atom stereocenters. The molecule has 3 aromatic rings. The Morgan fingerprint density at radius 2 is 1.94 bits per heavy atom. The summed E-state index contributed by atoms with van der Waals surface area (Å²) in [7, 11) is -4.02. The van der Waals surface area contributed by atoms with Crippen molar-refractivity contribution in [3.8, 4) is 0 Å². The summed E-state index contributed by atoms with van der Waals surface area (Å²) in [5.41, 5.74) is 0.559. The Morgan fingerprint density at radius 3 is 2.62 bits per heavy atom. The molecule has 1 aliphatic rings. The van der Waals surface area contributed by atoms with E-state index in [-0.39, 0.29) is 27.3 Å². The molecular weight excluding hydrogens is 475 g/mol. The van der Waals surface area contributed by atoms with Gasteiger partial charge in [0.05, 0.1) is 10.9 Å². The number of hydrogen-bond donors (Lipinski definition) is 1. The van der Waals surface area contributed by atoms with E-state index in [1.165, 1.54) is 30.3 Å². The van der Waals surface area contributed by atoms with Crippen LogP contribution >= 0.6 is 23.2 Å². The first-order valence-electron chi connectivity index (χ1n) is 9.90. The fourth-order valence-corrected chi connectivity index (χ4v) is 5.31. The number of halogens is 2. The summed E-state index contributed by atoms with van der Waals surface area (Å²) in [6.07, 6.45) is 1.60. The Bertz CT molecular complexity index is 1240. The Kier molecular flexibility index (Phi) is 6.41. The molecule has 0 spiro atoms. The van der Waals surface area contributed by atoms with Gasteiger partial charge in [-0.3, -0.25) is 9.52 Å². The maximum absolute atomic E-state index is 13.2. The molecular formula is C21H20Cl2N4O4S. The topological polar surface area (TPSA) is 105 Å². The lowest BCUT2D eigenvalue weighted by atomic mass is 9.97. The van der Waals surface area contributed by atoms with Crippen molar-refractivity contribution < 1.29 is 17.7 Å². The van der Waals surface area contributed by atoms with Gasteiger partial charge < -0.3 is 9.42 Å². The number of nitrogens with one attached hydrogen (secondary N) is 1. The molecule has 8 nitrogen and oxygen atoms in total. The van der Waals surface area contributed by atoms with E-state index < -0.39 is 10.0 Å². The molecule has 11 heteroatoms. The molecule has 168 valence electrons. The first-order valence-corrected chi connectivity index (χ1v) is 12.1. The molecule has 2 heterocycles. The normalized spacial score (nSPS) is 16.7. The zero-order valence-electron chi connectivity index (χ0n) is 17.1. The van der Waals surface area contributed by atoms with Crippen molar-refractivity contribution in [3.05, 3.63) is 69.8 Å². The van der Waals surface area contributed by atoms with E-state index >= 15 is 0 Å². The lowest BCUT2D eigenvalue weighted by molar-refractivity contribution is 0.0695. The van der Waals surface area contributed by atoms with Crippen LogP contribution in [-0.4, -0.2) is 42.5 Å². The van der Waals surface area contributed by atoms with Crippen molar-refractivity contribution in [1.82, 2.24) is 15.0 Å². The first-order chi connectivity index (χ1) is 15.2. The summed E-state index contributed by atoms with van der Waals surface area (Å²) in [4.78, 5) is 18.9. The molecule has 1 atom stereocenters. The van der Waals surface area contributed by atoms with Gasteiger partial charge in [-0.25, -0.2) is 8.42 Å². The Labute approximate surface area is 195 Å². The number of carbonyl (C=O) groups excluding carboxylic acids is 1. The summed E-state index contributed by atoms with van der Waals surface area (Å²) in [6.45, 7) is 2.71. The number of rotatable bonds is 5. The Morgan fingerprint density at radius 1 is 1.19 bits per heavy atom. The molecule has 2 aromatic carbocycles. The number of likely N-dealkylation sites (tertiary alicyclic amines) is 1. The lowest BCUT2D eigenvalue weighted by Crippen LogP contribution is -2.39. The van der Waals surface area contributed by atoms with Crippen LogP contribution in [0.25, 0.3) is 0 Å². The molecule has 1 aromatic heterocycles. The first kappa shape index (κ1) is 22.6. The van der Waals surface area contributed by atoms with Crippen LogP contribution in [0, 0.1) is 6.92 Å². The standard InChI is InChI=1S/C21H20Cl2N4O4S/c1-13-24-20(31-25-13)15-3-2-10-27(12-15)21(28)14-4-9-18(23)19(11-14)32(29,30)26-17-7-5-16(22)6-8-17/h4-9,11,15,26H,2-3,10,12H2,1H3. The number of carbonyl (C=O) groups is 1. The number of benzene rings is 2. The highest BCUT2D eigenvalue weighted by atomic mass is 35.5. The van der Waals surface area contributed by atoms with Crippen molar-refractivity contribution in [1.29, 1.82) is 0 Å². The predicted octanol–water partition coefficient (Wildman–Crippen LogP) is 4.51. The molecule has 0 saturated carbocycles. The molecule has 1 fully saturated rings. The van der Waals surface area contributed by atoms with Gasteiger partial charge in [-0.05, 0) is 62.2 Å². The third kappa shape index (κ3) is 4.90. The molecule has 0 bridgehead atoms. The van der Waals surface area contributed by atoms with Gasteiger partial charge in [0.2, 0.25) is 5.89 Å². The van der Waals surface area contributed by atoms with Crippen molar-refractivity contribution in [3.63, 3.8) is 0 Å². The van der Waals surface area contributed by atoms with Gasteiger partial charge in [0.1, 0.15) is 4.90 Å². The van der Waals surface area contributed by atoms with E-state index in [0.29, 0.717) is 35.5 Å². The summed E-state index contributed by atoms with van der Waals surface area (Å²) < 4.78 is 33.6. The number of anilines is 1. The van der Waals surface area contributed by atoms with Crippen LogP contribution in [0.5, 0.6) is 0 Å². The zero-order chi connectivity index (χ0) is 22.9. The molecule has 0 aliphatic carbocycles. The minimum absolute atomic E-state index is 0.0147. The van der Waals surface area contributed by atoms with Crippen LogP contribution in [0.3, 0.4) is 0 Å². The highest BCUT2D eigenvalue weighted by Gasteiger charge is 2.30. The number of amides is 1. The minimum atomic E-state index is -4.02. The van der Waals surface area contributed by atoms with Crippen LogP contribution in [0.2, 0.25) is 10.0 Å². The van der Waals surface area contributed by atoms with Gasteiger partial charge in [-0.2, -0.15) is 4.98 Å². The smallest absolute Gasteiger partial charge is 0.263 e. The number of sulfonamides is 1. The molecule has 1 N–H and O–H groups in total. The van der Waals surface area contributed by atoms with Crippen LogP contribution in [0.4, 0.5) is 5.69 Å². The number of aromatic nitrogens is 2. The second-order valence-corrected chi connectivity index (χ2v) is 10.0. The largest absolute Gasteiger partial charge is 0.339 e. The van der Waals surface area contributed by atoms with E-state index in [2.05, 4.69) is 14.9 Å². The fraction of sp³-hybridized carbons (Fsp3) is 0.286. The molecule has 4 rings (SSSR count). The number of aryl methyl sites for hydroxylation is 1. The van der Waals surface area contributed by atoms with Crippen LogP contribution in [0.1, 0.15) is 40.8 Å². The Balaban J connectivity index is 1.56. The average molecular weight is 495 g/mol. The second kappa shape index (κ2) is 9.09. The van der Waals surface area contributed by atoms with E-state index in [9.17, 15) is 13.2 Å². The van der Waals surface area contributed by atoms with Gasteiger partial charge in [-0.1, -0.05) is 28.4 Å². The number of piperidine rings is 1. The van der Waals surface area contributed by atoms with E-state index in [1.807, 2.05) is 0 Å². The fourth-order valence-electron chi connectivity index (χ4n) is 3.60. The van der Waals surface area contributed by atoms with Gasteiger partial charge in [-0.15, -0.1) is 0 Å². The summed E-state index contributed by atoms with van der Waals surface area (Å²) in [5, 5.41) is 4.32. The third-order valence-corrected chi connectivity index (χ3v) is 7.28.